The summed E-state index contributed by atoms with van der Waals surface area (Å²) in [4.78, 5) is 13.1. The van der Waals surface area contributed by atoms with E-state index in [1.54, 1.807) is 12.1 Å². The third kappa shape index (κ3) is 3.79. The van der Waals surface area contributed by atoms with Crippen molar-refractivity contribution in [1.82, 2.24) is 4.90 Å². The normalized spacial score (nSPS) is 17.4. The Morgan fingerprint density at radius 3 is 2.79 bits per heavy atom. The predicted octanol–water partition coefficient (Wildman–Crippen LogP) is 3.10. The van der Waals surface area contributed by atoms with Gasteiger partial charge >= 0.3 is 0 Å². The summed E-state index contributed by atoms with van der Waals surface area (Å²) in [6, 6.07) is 5.68. The lowest BCUT2D eigenvalue weighted by Crippen LogP contribution is -2.35. The van der Waals surface area contributed by atoms with Crippen molar-refractivity contribution in [2.75, 3.05) is 25.0 Å². The van der Waals surface area contributed by atoms with E-state index in [4.69, 9.17) is 0 Å². The maximum Gasteiger partial charge on any atom is 0.293 e. The van der Waals surface area contributed by atoms with Gasteiger partial charge in [0, 0.05) is 22.2 Å². The van der Waals surface area contributed by atoms with Crippen molar-refractivity contribution in [3.8, 4) is 0 Å². The zero-order valence-electron chi connectivity index (χ0n) is 10.9. The van der Waals surface area contributed by atoms with Crippen LogP contribution in [0.15, 0.2) is 18.2 Å². The summed E-state index contributed by atoms with van der Waals surface area (Å²) in [5.74, 6) is 0. The lowest BCUT2D eigenvalue weighted by atomic mass is 10.2. The Balaban J connectivity index is 2.00. The van der Waals surface area contributed by atoms with Gasteiger partial charge in [0.15, 0.2) is 0 Å². The summed E-state index contributed by atoms with van der Waals surface area (Å²) in [6.45, 7) is 5.17. The van der Waals surface area contributed by atoms with Gasteiger partial charge in [0.1, 0.15) is 5.69 Å². The number of nitro groups is 1. The molecule has 0 radical (unpaired) electrons. The molecule has 6 heteroatoms. The highest BCUT2D eigenvalue weighted by Gasteiger charge is 2.19. The summed E-state index contributed by atoms with van der Waals surface area (Å²) in [5, 5.41) is 14.2. The maximum absolute atomic E-state index is 11.0. The standard InChI is InChI=1S/C13H18IN3O2/c1-10(16-6-2-3-7-16)9-15-12-5-4-11(14)8-13(12)17(18)19/h4-5,8,10,15H,2-3,6-7,9H2,1H3. The molecule has 1 aromatic carbocycles. The SMILES string of the molecule is CC(CNc1ccc(I)cc1[N+](=O)[O-])N1CCCC1. The Labute approximate surface area is 126 Å². The van der Waals surface area contributed by atoms with Crippen LogP contribution >= 0.6 is 22.6 Å². The smallest absolute Gasteiger partial charge is 0.293 e. The number of nitro benzene ring substituents is 1. The van der Waals surface area contributed by atoms with Crippen molar-refractivity contribution in [1.29, 1.82) is 0 Å². The van der Waals surface area contributed by atoms with Gasteiger partial charge in [-0.2, -0.15) is 0 Å². The van der Waals surface area contributed by atoms with E-state index in [-0.39, 0.29) is 10.6 Å². The quantitative estimate of drug-likeness (QED) is 0.488. The third-order valence-electron chi connectivity index (χ3n) is 3.51. The first-order valence-corrected chi connectivity index (χ1v) is 7.57. The second-order valence-electron chi connectivity index (χ2n) is 4.89. The highest BCUT2D eigenvalue weighted by atomic mass is 127. The van der Waals surface area contributed by atoms with E-state index in [0.29, 0.717) is 11.7 Å². The fourth-order valence-electron chi connectivity index (χ4n) is 2.37. The molecule has 0 aromatic heterocycles. The number of nitrogens with zero attached hydrogens (tertiary/aromatic N) is 2. The molecule has 1 atom stereocenters. The Morgan fingerprint density at radius 1 is 1.47 bits per heavy atom. The Morgan fingerprint density at radius 2 is 2.16 bits per heavy atom. The van der Waals surface area contributed by atoms with Crippen molar-refractivity contribution < 1.29 is 4.92 Å². The molecule has 1 fully saturated rings. The predicted molar refractivity (Wildman–Crippen MR) is 84.6 cm³/mol. The topological polar surface area (TPSA) is 58.4 Å². The van der Waals surface area contributed by atoms with E-state index in [2.05, 4.69) is 39.7 Å². The van der Waals surface area contributed by atoms with Gasteiger partial charge in [0.25, 0.3) is 5.69 Å². The van der Waals surface area contributed by atoms with Crippen LogP contribution in [-0.2, 0) is 0 Å². The van der Waals surface area contributed by atoms with E-state index in [9.17, 15) is 10.1 Å². The van der Waals surface area contributed by atoms with Crippen LogP contribution in [0.3, 0.4) is 0 Å². The molecule has 19 heavy (non-hydrogen) atoms. The number of rotatable bonds is 5. The van der Waals surface area contributed by atoms with Crippen molar-refractivity contribution in [3.05, 3.63) is 31.9 Å². The van der Waals surface area contributed by atoms with Gasteiger partial charge in [0.2, 0.25) is 0 Å². The van der Waals surface area contributed by atoms with Gasteiger partial charge in [-0.1, -0.05) is 0 Å². The molecule has 0 amide bonds. The summed E-state index contributed by atoms with van der Waals surface area (Å²) in [7, 11) is 0. The van der Waals surface area contributed by atoms with Gasteiger partial charge in [0.05, 0.1) is 4.92 Å². The lowest BCUT2D eigenvalue weighted by molar-refractivity contribution is -0.384. The van der Waals surface area contributed by atoms with E-state index >= 15 is 0 Å². The molecule has 1 heterocycles. The van der Waals surface area contributed by atoms with Crippen molar-refractivity contribution >= 4 is 34.0 Å². The third-order valence-corrected chi connectivity index (χ3v) is 4.18. The van der Waals surface area contributed by atoms with Gasteiger partial charge in [-0.3, -0.25) is 15.0 Å². The van der Waals surface area contributed by atoms with E-state index in [0.717, 1.165) is 23.2 Å². The average molecular weight is 375 g/mol. The van der Waals surface area contributed by atoms with E-state index in [1.807, 2.05) is 6.07 Å². The summed E-state index contributed by atoms with van der Waals surface area (Å²) in [6.07, 6.45) is 2.52. The van der Waals surface area contributed by atoms with E-state index in [1.165, 1.54) is 12.8 Å². The van der Waals surface area contributed by atoms with Crippen LogP contribution in [-0.4, -0.2) is 35.5 Å². The number of anilines is 1. The molecule has 0 aliphatic carbocycles. The highest BCUT2D eigenvalue weighted by molar-refractivity contribution is 14.1. The van der Waals surface area contributed by atoms with Crippen LogP contribution in [0.5, 0.6) is 0 Å². The lowest BCUT2D eigenvalue weighted by Gasteiger charge is -2.24. The molecule has 2 rings (SSSR count). The minimum atomic E-state index is -0.328. The molecular formula is C13H18IN3O2. The molecule has 104 valence electrons. The van der Waals surface area contributed by atoms with E-state index < -0.39 is 0 Å². The molecule has 0 bridgehead atoms. The number of hydrogen-bond acceptors (Lipinski definition) is 4. The second kappa shape index (κ2) is 6.51. The van der Waals surface area contributed by atoms with Gasteiger partial charge in [-0.05, 0) is 67.6 Å². The first kappa shape index (κ1) is 14.5. The largest absolute Gasteiger partial charge is 0.378 e. The van der Waals surface area contributed by atoms with Crippen LogP contribution in [0.4, 0.5) is 11.4 Å². The van der Waals surface area contributed by atoms with Crippen molar-refractivity contribution in [3.63, 3.8) is 0 Å². The molecular weight excluding hydrogens is 357 g/mol. The summed E-state index contributed by atoms with van der Waals surface area (Å²) >= 11 is 2.09. The Kier molecular flexibility index (Phi) is 4.98. The molecule has 0 spiro atoms. The number of hydrogen-bond donors (Lipinski definition) is 1. The number of nitrogens with one attached hydrogen (secondary N) is 1. The Hall–Kier alpha value is -0.890. The van der Waals surface area contributed by atoms with Crippen molar-refractivity contribution in [2.24, 2.45) is 0 Å². The highest BCUT2D eigenvalue weighted by Crippen LogP contribution is 2.26. The summed E-state index contributed by atoms with van der Waals surface area (Å²) < 4.78 is 0.877. The van der Waals surface area contributed by atoms with Crippen LogP contribution in [0.1, 0.15) is 19.8 Å². The van der Waals surface area contributed by atoms with Gasteiger partial charge in [-0.25, -0.2) is 0 Å². The molecule has 1 saturated heterocycles. The molecule has 1 aliphatic heterocycles. The molecule has 1 N–H and O–H groups in total. The molecule has 1 aromatic rings. The minimum Gasteiger partial charge on any atom is -0.378 e. The number of benzene rings is 1. The maximum atomic E-state index is 11.0. The molecule has 0 saturated carbocycles. The molecule has 1 unspecified atom stereocenters. The van der Waals surface area contributed by atoms with Gasteiger partial charge < -0.3 is 5.32 Å². The van der Waals surface area contributed by atoms with Crippen LogP contribution in [0.2, 0.25) is 0 Å². The number of halogens is 1. The zero-order chi connectivity index (χ0) is 13.8. The molecule has 5 nitrogen and oxygen atoms in total. The Bertz CT molecular complexity index is 461. The van der Waals surface area contributed by atoms with Gasteiger partial charge in [-0.15, -0.1) is 0 Å². The first-order valence-electron chi connectivity index (χ1n) is 6.50. The van der Waals surface area contributed by atoms with Crippen LogP contribution in [0.25, 0.3) is 0 Å². The zero-order valence-corrected chi connectivity index (χ0v) is 13.1. The fourth-order valence-corrected chi connectivity index (χ4v) is 2.85. The summed E-state index contributed by atoms with van der Waals surface area (Å²) in [5.41, 5.74) is 0.761. The molecule has 1 aliphatic rings. The number of likely N-dealkylation sites (tertiary alicyclic amines) is 1. The minimum absolute atomic E-state index is 0.153. The fraction of sp³-hybridized carbons (Fsp3) is 0.538. The second-order valence-corrected chi connectivity index (χ2v) is 6.14. The van der Waals surface area contributed by atoms with Crippen LogP contribution < -0.4 is 5.32 Å². The van der Waals surface area contributed by atoms with Crippen molar-refractivity contribution in [2.45, 2.75) is 25.8 Å². The first-order chi connectivity index (χ1) is 9.08. The monoisotopic (exact) mass is 375 g/mol. The average Bonchev–Trinajstić information content (AvgIpc) is 2.90. The van der Waals surface area contributed by atoms with Crippen LogP contribution in [0, 0.1) is 13.7 Å².